The van der Waals surface area contributed by atoms with Gasteiger partial charge in [0.1, 0.15) is 22.7 Å². The molecule has 0 aliphatic heterocycles. The van der Waals surface area contributed by atoms with Crippen molar-refractivity contribution in [3.8, 4) is 11.5 Å². The molecule has 178 valence electrons. The summed E-state index contributed by atoms with van der Waals surface area (Å²) in [6.45, 7) is 5.80. The van der Waals surface area contributed by atoms with Gasteiger partial charge in [0, 0.05) is 41.5 Å². The van der Waals surface area contributed by atoms with Crippen molar-refractivity contribution in [3.63, 3.8) is 0 Å². The van der Waals surface area contributed by atoms with E-state index in [1.807, 2.05) is 13.8 Å². The minimum Gasteiger partial charge on any atom is -0.508 e. The first kappa shape index (κ1) is 24.8. The summed E-state index contributed by atoms with van der Waals surface area (Å²) in [6, 6.07) is 12.7. The van der Waals surface area contributed by atoms with Crippen molar-refractivity contribution < 1.29 is 23.5 Å². The molecule has 0 spiro atoms. The lowest BCUT2D eigenvalue weighted by atomic mass is 10.1. The summed E-state index contributed by atoms with van der Waals surface area (Å²) >= 11 is 0. The summed E-state index contributed by atoms with van der Waals surface area (Å²) in [5.74, 6) is 0.262. The van der Waals surface area contributed by atoms with Gasteiger partial charge in [0.25, 0.3) is 0 Å². The highest BCUT2D eigenvalue weighted by Gasteiger charge is 2.08. The SMILES string of the molecule is CCCCCCC(=O)Oc1ccc2c(C)cc(=O)oc2c1.Cc1cc(=O)oc2cc(O)ccc12. The number of carbonyl (C=O) groups excluding carboxylic acids is 1. The van der Waals surface area contributed by atoms with Crippen LogP contribution in [-0.2, 0) is 4.79 Å². The van der Waals surface area contributed by atoms with Gasteiger partial charge in [-0.3, -0.25) is 4.79 Å². The van der Waals surface area contributed by atoms with Gasteiger partial charge < -0.3 is 18.7 Å². The lowest BCUT2D eigenvalue weighted by Crippen LogP contribution is -2.07. The molecule has 0 bridgehead atoms. The molecule has 0 radical (unpaired) electrons. The van der Waals surface area contributed by atoms with Gasteiger partial charge in [-0.2, -0.15) is 0 Å². The molecule has 1 N–H and O–H groups in total. The summed E-state index contributed by atoms with van der Waals surface area (Å²) in [5, 5.41) is 10.8. The second-order valence-corrected chi connectivity index (χ2v) is 8.12. The monoisotopic (exact) mass is 464 g/mol. The van der Waals surface area contributed by atoms with Crippen LogP contribution < -0.4 is 16.0 Å². The average Bonchev–Trinajstić information content (AvgIpc) is 2.76. The Morgan fingerprint density at radius 2 is 1.41 bits per heavy atom. The maximum atomic E-state index is 11.7. The van der Waals surface area contributed by atoms with Crippen LogP contribution in [0.2, 0.25) is 0 Å². The lowest BCUT2D eigenvalue weighted by molar-refractivity contribution is -0.134. The Labute approximate surface area is 196 Å². The number of ether oxygens (including phenoxy) is 1. The van der Waals surface area contributed by atoms with Gasteiger partial charge in [-0.15, -0.1) is 0 Å². The second kappa shape index (κ2) is 11.3. The zero-order chi connectivity index (χ0) is 24.7. The first-order chi connectivity index (χ1) is 16.3. The fourth-order valence-electron chi connectivity index (χ4n) is 3.56. The van der Waals surface area contributed by atoms with Crippen molar-refractivity contribution in [2.24, 2.45) is 0 Å². The molecule has 0 unspecified atom stereocenters. The van der Waals surface area contributed by atoms with Crippen LogP contribution in [0.4, 0.5) is 0 Å². The summed E-state index contributed by atoms with van der Waals surface area (Å²) in [4.78, 5) is 34.1. The largest absolute Gasteiger partial charge is 0.508 e. The molecule has 4 rings (SSSR count). The number of unbranched alkanes of at least 4 members (excludes halogenated alkanes) is 3. The number of aromatic hydroxyl groups is 1. The minimum atomic E-state index is -0.400. The van der Waals surface area contributed by atoms with E-state index in [0.29, 0.717) is 23.3 Å². The van der Waals surface area contributed by atoms with Gasteiger partial charge in [-0.1, -0.05) is 26.2 Å². The van der Waals surface area contributed by atoms with Crippen LogP contribution in [0.1, 0.15) is 50.2 Å². The summed E-state index contributed by atoms with van der Waals surface area (Å²) in [5.41, 5.74) is 1.77. The second-order valence-electron chi connectivity index (χ2n) is 8.12. The zero-order valence-corrected chi connectivity index (χ0v) is 19.6. The molecule has 0 atom stereocenters. The van der Waals surface area contributed by atoms with Crippen molar-refractivity contribution in [1.82, 2.24) is 0 Å². The zero-order valence-electron chi connectivity index (χ0n) is 19.6. The molecule has 34 heavy (non-hydrogen) atoms. The van der Waals surface area contributed by atoms with Gasteiger partial charge >= 0.3 is 17.2 Å². The Morgan fingerprint density at radius 1 is 0.824 bits per heavy atom. The number of aryl methyl sites for hydroxylation is 2. The Bertz CT molecular complexity index is 1410. The molecule has 0 saturated heterocycles. The molecule has 7 nitrogen and oxygen atoms in total. The molecule has 4 aromatic rings. The van der Waals surface area contributed by atoms with Gasteiger partial charge in [0.2, 0.25) is 0 Å². The van der Waals surface area contributed by atoms with Gasteiger partial charge in [-0.05, 0) is 55.7 Å². The van der Waals surface area contributed by atoms with Crippen molar-refractivity contribution in [1.29, 1.82) is 0 Å². The lowest BCUT2D eigenvalue weighted by Gasteiger charge is -2.06. The molecule has 0 saturated carbocycles. The van der Waals surface area contributed by atoms with Gasteiger partial charge in [0.05, 0.1) is 0 Å². The molecule has 0 fully saturated rings. The standard InChI is InChI=1S/C17H20O4.C10H8O3/c1-3-4-5-6-7-16(18)20-13-8-9-14-12(2)10-17(19)21-15(14)11-13;1-6-4-10(12)13-9-5-7(11)2-3-8(6)9/h8-11H,3-7H2,1-2H3;2-5,11H,1H3. The molecule has 0 aliphatic carbocycles. The molecule has 7 heteroatoms. The van der Waals surface area contributed by atoms with E-state index in [0.717, 1.165) is 47.6 Å². The number of hydrogen-bond acceptors (Lipinski definition) is 7. The molecule has 0 aliphatic rings. The van der Waals surface area contributed by atoms with E-state index in [2.05, 4.69) is 6.92 Å². The third-order valence-electron chi connectivity index (χ3n) is 5.32. The molecule has 0 amide bonds. The number of rotatable bonds is 6. The van der Waals surface area contributed by atoms with Crippen molar-refractivity contribution in [2.45, 2.75) is 52.9 Å². The summed E-state index contributed by atoms with van der Waals surface area (Å²) < 4.78 is 15.3. The molecule has 2 heterocycles. The maximum absolute atomic E-state index is 11.7. The van der Waals surface area contributed by atoms with E-state index in [1.165, 1.54) is 18.2 Å². The maximum Gasteiger partial charge on any atom is 0.336 e. The summed E-state index contributed by atoms with van der Waals surface area (Å²) in [7, 11) is 0. The van der Waals surface area contributed by atoms with E-state index in [1.54, 1.807) is 30.3 Å². The van der Waals surface area contributed by atoms with Crippen LogP contribution in [0.25, 0.3) is 21.9 Å². The summed E-state index contributed by atoms with van der Waals surface area (Å²) in [6.07, 6.45) is 4.56. The van der Waals surface area contributed by atoms with E-state index in [4.69, 9.17) is 18.7 Å². The molecule has 2 aromatic heterocycles. The van der Waals surface area contributed by atoms with Crippen LogP contribution in [0.3, 0.4) is 0 Å². The third kappa shape index (κ3) is 6.57. The van der Waals surface area contributed by atoms with E-state index in [9.17, 15) is 14.4 Å². The predicted octanol–water partition coefficient (Wildman–Crippen LogP) is 5.78. The minimum absolute atomic E-state index is 0.0984. The third-order valence-corrected chi connectivity index (χ3v) is 5.32. The Morgan fingerprint density at radius 3 is 2.03 bits per heavy atom. The first-order valence-electron chi connectivity index (χ1n) is 11.3. The fourth-order valence-corrected chi connectivity index (χ4v) is 3.56. The normalized spacial score (nSPS) is 10.7. The van der Waals surface area contributed by atoms with E-state index in [-0.39, 0.29) is 11.7 Å². The number of fused-ring (bicyclic) bond motifs is 2. The highest BCUT2D eigenvalue weighted by molar-refractivity contribution is 5.82. The highest BCUT2D eigenvalue weighted by atomic mass is 16.5. The quantitative estimate of drug-likeness (QED) is 0.167. The van der Waals surface area contributed by atoms with Crippen LogP contribution >= 0.6 is 0 Å². The fraction of sp³-hybridized carbons (Fsp3) is 0.296. The van der Waals surface area contributed by atoms with Crippen molar-refractivity contribution in [2.75, 3.05) is 0 Å². The molecular formula is C27H28O7. The van der Waals surface area contributed by atoms with Gasteiger partial charge in [-0.25, -0.2) is 9.59 Å². The van der Waals surface area contributed by atoms with Crippen molar-refractivity contribution in [3.05, 3.63) is 80.5 Å². The predicted molar refractivity (Wildman–Crippen MR) is 131 cm³/mol. The number of carbonyl (C=O) groups is 1. The van der Waals surface area contributed by atoms with Crippen LogP contribution in [0.5, 0.6) is 11.5 Å². The number of phenolic OH excluding ortho intramolecular Hbond substituents is 1. The molecule has 2 aromatic carbocycles. The van der Waals surface area contributed by atoms with Crippen molar-refractivity contribution >= 4 is 27.9 Å². The topological polar surface area (TPSA) is 107 Å². The Balaban J connectivity index is 0.000000212. The first-order valence-corrected chi connectivity index (χ1v) is 11.3. The van der Waals surface area contributed by atoms with Crippen LogP contribution in [0, 0.1) is 13.8 Å². The van der Waals surface area contributed by atoms with Crippen LogP contribution in [-0.4, -0.2) is 11.1 Å². The molecular weight excluding hydrogens is 436 g/mol. The Hall–Kier alpha value is -3.87. The Kier molecular flexibility index (Phi) is 8.24. The van der Waals surface area contributed by atoms with Gasteiger partial charge in [0.15, 0.2) is 0 Å². The van der Waals surface area contributed by atoms with Crippen LogP contribution in [0.15, 0.2) is 67.0 Å². The number of benzene rings is 2. The number of esters is 1. The van der Waals surface area contributed by atoms with E-state index >= 15 is 0 Å². The highest BCUT2D eigenvalue weighted by Crippen LogP contribution is 2.23. The number of hydrogen-bond donors (Lipinski definition) is 1. The number of phenols is 1. The average molecular weight is 465 g/mol. The smallest absolute Gasteiger partial charge is 0.336 e. The van der Waals surface area contributed by atoms with E-state index < -0.39 is 11.3 Å².